The van der Waals surface area contributed by atoms with Gasteiger partial charge in [0.2, 0.25) is 5.13 Å². The second-order valence-electron chi connectivity index (χ2n) is 6.93. The van der Waals surface area contributed by atoms with E-state index in [9.17, 15) is 4.79 Å². The monoisotopic (exact) mass is 402 g/mol. The maximum atomic E-state index is 12.6. The Kier molecular flexibility index (Phi) is 5.53. The number of carbonyl (C=O) groups excluding carboxylic acids is 1. The second kappa shape index (κ2) is 8.41. The summed E-state index contributed by atoms with van der Waals surface area (Å²) >= 11 is 1.51. The van der Waals surface area contributed by atoms with Crippen molar-refractivity contribution in [1.29, 1.82) is 0 Å². The summed E-state index contributed by atoms with van der Waals surface area (Å²) in [6, 6.07) is 18.4. The van der Waals surface area contributed by atoms with E-state index in [2.05, 4.69) is 53.7 Å². The van der Waals surface area contributed by atoms with Gasteiger partial charge in [-0.25, -0.2) is 9.67 Å². The normalized spacial score (nSPS) is 10.8. The van der Waals surface area contributed by atoms with Crippen LogP contribution in [0.4, 0.5) is 0 Å². The lowest BCUT2D eigenvalue weighted by atomic mass is 10.1. The van der Waals surface area contributed by atoms with Gasteiger partial charge in [0.15, 0.2) is 0 Å². The molecule has 0 saturated heterocycles. The predicted octanol–water partition coefficient (Wildman–Crippen LogP) is 4.59. The van der Waals surface area contributed by atoms with E-state index in [0.717, 1.165) is 28.5 Å². The molecule has 1 amide bonds. The maximum absolute atomic E-state index is 12.6. The zero-order chi connectivity index (χ0) is 20.2. The zero-order valence-corrected chi connectivity index (χ0v) is 17.2. The van der Waals surface area contributed by atoms with E-state index in [0.29, 0.717) is 12.1 Å². The molecule has 0 radical (unpaired) electrons. The van der Waals surface area contributed by atoms with Crippen LogP contribution in [0.25, 0.3) is 16.4 Å². The van der Waals surface area contributed by atoms with E-state index in [1.165, 1.54) is 22.5 Å². The molecule has 0 unspecified atom stereocenters. The smallest absolute Gasteiger partial charge is 0.254 e. The summed E-state index contributed by atoms with van der Waals surface area (Å²) in [5.41, 5.74) is 5.76. The quantitative estimate of drug-likeness (QED) is 0.513. The molecule has 0 aliphatic carbocycles. The fourth-order valence-corrected chi connectivity index (χ4v) is 3.94. The number of rotatable bonds is 6. The van der Waals surface area contributed by atoms with Crippen LogP contribution in [0.2, 0.25) is 0 Å². The first kappa shape index (κ1) is 19.1. The van der Waals surface area contributed by atoms with E-state index >= 15 is 0 Å². The van der Waals surface area contributed by atoms with Gasteiger partial charge in [0.05, 0.1) is 23.1 Å². The molecule has 4 aromatic rings. The first-order valence-electron chi connectivity index (χ1n) is 9.51. The van der Waals surface area contributed by atoms with Gasteiger partial charge in [0.25, 0.3) is 5.91 Å². The third kappa shape index (κ3) is 4.27. The predicted molar refractivity (Wildman–Crippen MR) is 117 cm³/mol. The number of thiazole rings is 1. The van der Waals surface area contributed by atoms with Crippen molar-refractivity contribution in [2.24, 2.45) is 0 Å². The number of hydrogen-bond acceptors (Lipinski definition) is 4. The largest absolute Gasteiger partial charge is 0.352 e. The van der Waals surface area contributed by atoms with Crippen molar-refractivity contribution in [3.63, 3.8) is 0 Å². The molecule has 0 saturated carbocycles. The minimum absolute atomic E-state index is 0.111. The van der Waals surface area contributed by atoms with E-state index in [4.69, 9.17) is 4.98 Å². The molecule has 0 fully saturated rings. The average molecular weight is 403 g/mol. The number of benzene rings is 2. The SMILES string of the molecule is Cc1ccc(-c2csc(-n3ncc(C(=O)NCCc4ccccc4)c3C)n2)cc1. The van der Waals surface area contributed by atoms with Crippen molar-refractivity contribution in [3.8, 4) is 16.4 Å². The number of nitrogens with one attached hydrogen (secondary N) is 1. The molecule has 5 nitrogen and oxygen atoms in total. The van der Waals surface area contributed by atoms with Gasteiger partial charge in [-0.1, -0.05) is 60.2 Å². The van der Waals surface area contributed by atoms with E-state index < -0.39 is 0 Å². The highest BCUT2D eigenvalue weighted by Gasteiger charge is 2.17. The lowest BCUT2D eigenvalue weighted by Gasteiger charge is -2.05. The van der Waals surface area contributed by atoms with Crippen LogP contribution in [0.1, 0.15) is 27.2 Å². The van der Waals surface area contributed by atoms with Crippen molar-refractivity contribution >= 4 is 17.2 Å². The highest BCUT2D eigenvalue weighted by atomic mass is 32.1. The number of aryl methyl sites for hydroxylation is 1. The molecule has 29 heavy (non-hydrogen) atoms. The highest BCUT2D eigenvalue weighted by Crippen LogP contribution is 2.25. The lowest BCUT2D eigenvalue weighted by Crippen LogP contribution is -2.26. The third-order valence-corrected chi connectivity index (χ3v) is 5.63. The number of hydrogen-bond donors (Lipinski definition) is 1. The first-order valence-corrected chi connectivity index (χ1v) is 10.4. The molecule has 0 spiro atoms. The van der Waals surface area contributed by atoms with Gasteiger partial charge < -0.3 is 5.32 Å². The minimum atomic E-state index is -0.111. The molecular formula is C23H22N4OS. The summed E-state index contributed by atoms with van der Waals surface area (Å²) in [5.74, 6) is -0.111. The Morgan fingerprint density at radius 2 is 1.83 bits per heavy atom. The van der Waals surface area contributed by atoms with Crippen LogP contribution in [0.3, 0.4) is 0 Å². The Labute approximate surface area is 174 Å². The molecule has 146 valence electrons. The Morgan fingerprint density at radius 3 is 2.59 bits per heavy atom. The zero-order valence-electron chi connectivity index (χ0n) is 16.4. The molecular weight excluding hydrogens is 380 g/mol. The Morgan fingerprint density at radius 1 is 1.07 bits per heavy atom. The van der Waals surface area contributed by atoms with Crippen LogP contribution in [0.15, 0.2) is 66.2 Å². The number of amides is 1. The summed E-state index contributed by atoms with van der Waals surface area (Å²) < 4.78 is 1.73. The van der Waals surface area contributed by atoms with Crippen LogP contribution in [0, 0.1) is 13.8 Å². The van der Waals surface area contributed by atoms with Crippen LogP contribution in [-0.4, -0.2) is 27.2 Å². The standard InChI is InChI=1S/C23H22N4OS/c1-16-8-10-19(11-9-16)21-15-29-23(26-21)27-17(2)20(14-25-27)22(28)24-13-12-18-6-4-3-5-7-18/h3-11,14-15H,12-13H2,1-2H3,(H,24,28). The number of aromatic nitrogens is 3. The highest BCUT2D eigenvalue weighted by molar-refractivity contribution is 7.12. The molecule has 2 heterocycles. The maximum Gasteiger partial charge on any atom is 0.254 e. The molecule has 0 atom stereocenters. The van der Waals surface area contributed by atoms with Crippen LogP contribution in [-0.2, 0) is 6.42 Å². The van der Waals surface area contributed by atoms with Gasteiger partial charge in [-0.3, -0.25) is 4.79 Å². The van der Waals surface area contributed by atoms with Gasteiger partial charge in [0.1, 0.15) is 0 Å². The molecule has 0 bridgehead atoms. The van der Waals surface area contributed by atoms with Crippen molar-refractivity contribution < 1.29 is 4.79 Å². The molecule has 1 N–H and O–H groups in total. The molecule has 6 heteroatoms. The van der Waals surface area contributed by atoms with Crippen molar-refractivity contribution in [2.75, 3.05) is 6.54 Å². The van der Waals surface area contributed by atoms with Crippen LogP contribution < -0.4 is 5.32 Å². The lowest BCUT2D eigenvalue weighted by molar-refractivity contribution is 0.0953. The van der Waals surface area contributed by atoms with Crippen molar-refractivity contribution in [1.82, 2.24) is 20.1 Å². The molecule has 2 aromatic heterocycles. The molecule has 0 aliphatic rings. The van der Waals surface area contributed by atoms with Gasteiger partial charge in [-0.05, 0) is 25.8 Å². The fraction of sp³-hybridized carbons (Fsp3) is 0.174. The average Bonchev–Trinajstić information content (AvgIpc) is 3.36. The summed E-state index contributed by atoms with van der Waals surface area (Å²) in [4.78, 5) is 17.3. The van der Waals surface area contributed by atoms with Crippen LogP contribution in [0.5, 0.6) is 0 Å². The number of carbonyl (C=O) groups is 1. The molecule has 0 aliphatic heterocycles. The topological polar surface area (TPSA) is 59.8 Å². The second-order valence-corrected chi connectivity index (χ2v) is 7.76. The summed E-state index contributed by atoms with van der Waals surface area (Å²) in [6.07, 6.45) is 2.41. The molecule has 2 aromatic carbocycles. The van der Waals surface area contributed by atoms with Gasteiger partial charge >= 0.3 is 0 Å². The minimum Gasteiger partial charge on any atom is -0.352 e. The van der Waals surface area contributed by atoms with Crippen LogP contribution >= 0.6 is 11.3 Å². The van der Waals surface area contributed by atoms with Gasteiger partial charge in [-0.2, -0.15) is 5.10 Å². The van der Waals surface area contributed by atoms with E-state index in [-0.39, 0.29) is 5.91 Å². The van der Waals surface area contributed by atoms with E-state index in [1.54, 1.807) is 10.9 Å². The number of nitrogens with zero attached hydrogens (tertiary/aromatic N) is 3. The fourth-order valence-electron chi connectivity index (χ4n) is 3.10. The summed E-state index contributed by atoms with van der Waals surface area (Å²) in [5, 5.41) is 10.1. The van der Waals surface area contributed by atoms with Gasteiger partial charge in [-0.15, -0.1) is 11.3 Å². The third-order valence-electron chi connectivity index (χ3n) is 4.82. The Balaban J connectivity index is 1.45. The van der Waals surface area contributed by atoms with Gasteiger partial charge in [0, 0.05) is 17.5 Å². The summed E-state index contributed by atoms with van der Waals surface area (Å²) in [6.45, 7) is 4.55. The molecule has 4 rings (SSSR count). The van der Waals surface area contributed by atoms with E-state index in [1.807, 2.05) is 30.5 Å². The first-order chi connectivity index (χ1) is 14.1. The summed E-state index contributed by atoms with van der Waals surface area (Å²) in [7, 11) is 0. The van der Waals surface area contributed by atoms with Crippen molar-refractivity contribution in [2.45, 2.75) is 20.3 Å². The van der Waals surface area contributed by atoms with Crippen molar-refractivity contribution in [3.05, 3.63) is 88.6 Å². The Hall–Kier alpha value is -3.25. The Bertz CT molecular complexity index is 1110.